The Hall–Kier alpha value is -4.60. The largest absolute Gasteiger partial charge is 0.480 e. The number of aliphatic carboxylic acids is 1. The van der Waals surface area contributed by atoms with Gasteiger partial charge in [-0.05, 0) is 55.0 Å². The number of rotatable bonds is 22. The number of hydrogen-bond acceptors (Lipinski definition) is 10. The van der Waals surface area contributed by atoms with Crippen molar-refractivity contribution < 1.29 is 38.6 Å². The smallest absolute Gasteiger partial charge is 0.326 e. The Morgan fingerprint density at radius 1 is 0.952 bits per heavy atom. The number of methoxy groups -OCH3 is 2. The number of hydrogen-bond donors (Lipinski definition) is 4. The molecule has 350 valence electrons. The van der Waals surface area contributed by atoms with Crippen LogP contribution in [0.4, 0.5) is 5.82 Å². The van der Waals surface area contributed by atoms with E-state index in [-0.39, 0.29) is 48.9 Å². The van der Waals surface area contributed by atoms with Crippen LogP contribution in [0.25, 0.3) is 0 Å². The van der Waals surface area contributed by atoms with Crippen molar-refractivity contribution in [2.24, 2.45) is 17.8 Å². The molecule has 0 bridgehead atoms. The van der Waals surface area contributed by atoms with Crippen molar-refractivity contribution in [3.63, 3.8) is 0 Å². The summed E-state index contributed by atoms with van der Waals surface area (Å²) >= 11 is 0. The van der Waals surface area contributed by atoms with Gasteiger partial charge < -0.3 is 40.7 Å². The fraction of sp³-hybridized carbons (Fsp3) is 0.660. The third kappa shape index (κ3) is 16.9. The number of nitrogens with zero attached hydrogens (tertiary/aromatic N) is 4. The van der Waals surface area contributed by atoms with Crippen LogP contribution in [0.3, 0.4) is 0 Å². The summed E-state index contributed by atoms with van der Waals surface area (Å²) in [6, 6.07) is 10.1. The minimum Gasteiger partial charge on any atom is -0.480 e. The first-order valence-electron chi connectivity index (χ1n) is 22.3. The van der Waals surface area contributed by atoms with Crippen molar-refractivity contribution in [1.82, 2.24) is 30.3 Å². The van der Waals surface area contributed by atoms with E-state index >= 15 is 0 Å². The highest BCUT2D eigenvalue weighted by molar-refractivity contribution is 5.88. The molecule has 0 spiro atoms. The second-order valence-corrected chi connectivity index (χ2v) is 16.4. The Kier molecular flexibility index (Phi) is 25.8. The molecule has 5 N–H and O–H groups in total. The zero-order valence-electron chi connectivity index (χ0n) is 39.9. The van der Waals surface area contributed by atoms with Crippen LogP contribution in [0.5, 0.6) is 0 Å². The average molecular weight is 870 g/mol. The highest BCUT2D eigenvalue weighted by atomic mass is 16.5. The number of likely N-dealkylation sites (N-methyl/N-ethyl adjacent to an activating group) is 2. The van der Waals surface area contributed by atoms with E-state index in [4.69, 9.17) is 15.2 Å². The number of likely N-dealkylation sites (tertiary alicyclic amines) is 1. The Morgan fingerprint density at radius 2 is 1.58 bits per heavy atom. The van der Waals surface area contributed by atoms with Crippen molar-refractivity contribution in [2.75, 3.05) is 47.1 Å². The number of nitrogen functional groups attached to an aromatic ring is 1. The van der Waals surface area contributed by atoms with Crippen LogP contribution in [0.2, 0.25) is 0 Å². The third-order valence-electron chi connectivity index (χ3n) is 11.3. The molecule has 4 amide bonds. The van der Waals surface area contributed by atoms with Crippen molar-refractivity contribution >= 4 is 35.4 Å². The van der Waals surface area contributed by atoms with Crippen LogP contribution < -0.4 is 16.4 Å². The van der Waals surface area contributed by atoms with Gasteiger partial charge in [0.25, 0.3) is 0 Å². The number of pyridine rings is 1. The molecule has 0 saturated carbocycles. The van der Waals surface area contributed by atoms with Gasteiger partial charge >= 0.3 is 5.97 Å². The SMILES string of the molecule is CC.CCC.CCC(C)C(C(CC(=O)N1CCCC1C(OC)C(C)C(=O)N[C@@H](Cc1ccccc1)C(=O)O)OC)N(C)C(=O)CNC(=O)C(C(C)C)N(C)Cc1ccnc(N)c1. The van der Waals surface area contributed by atoms with Crippen LogP contribution in [0.1, 0.15) is 106 Å². The lowest BCUT2D eigenvalue weighted by Crippen LogP contribution is -2.55. The number of benzene rings is 1. The van der Waals surface area contributed by atoms with Gasteiger partial charge in [0.15, 0.2) is 0 Å². The number of amides is 4. The lowest BCUT2D eigenvalue weighted by atomic mass is 9.90. The molecule has 1 aromatic heterocycles. The van der Waals surface area contributed by atoms with E-state index in [0.29, 0.717) is 38.2 Å². The molecule has 2 heterocycles. The van der Waals surface area contributed by atoms with Crippen LogP contribution in [-0.4, -0.2) is 132 Å². The molecule has 2 aromatic rings. The first-order chi connectivity index (χ1) is 29.4. The maximum absolute atomic E-state index is 14.1. The molecule has 1 aliphatic rings. The van der Waals surface area contributed by atoms with E-state index in [1.807, 2.05) is 89.9 Å². The molecule has 0 radical (unpaired) electrons. The van der Waals surface area contributed by atoms with Crippen molar-refractivity contribution in [3.8, 4) is 0 Å². The molecule has 1 saturated heterocycles. The molecule has 7 unspecified atom stereocenters. The van der Waals surface area contributed by atoms with E-state index in [9.17, 15) is 29.1 Å². The Bertz CT molecular complexity index is 1650. The zero-order chi connectivity index (χ0) is 47.1. The molecular weight excluding hydrogens is 791 g/mol. The van der Waals surface area contributed by atoms with Crippen molar-refractivity contribution in [3.05, 3.63) is 59.8 Å². The molecule has 1 fully saturated rings. The number of ether oxygens (including phenoxy) is 2. The summed E-state index contributed by atoms with van der Waals surface area (Å²) in [6.07, 6.45) is 3.61. The van der Waals surface area contributed by atoms with Gasteiger partial charge in [-0.1, -0.05) is 105 Å². The molecule has 3 rings (SSSR count). The van der Waals surface area contributed by atoms with Gasteiger partial charge in [-0.15, -0.1) is 0 Å². The summed E-state index contributed by atoms with van der Waals surface area (Å²) in [4.78, 5) is 76.2. The first-order valence-corrected chi connectivity index (χ1v) is 22.3. The second-order valence-electron chi connectivity index (χ2n) is 16.4. The van der Waals surface area contributed by atoms with Gasteiger partial charge in [0, 0.05) is 47.0 Å². The monoisotopic (exact) mass is 870 g/mol. The fourth-order valence-corrected chi connectivity index (χ4v) is 8.06. The minimum atomic E-state index is -1.14. The van der Waals surface area contributed by atoms with Gasteiger partial charge in [0.1, 0.15) is 11.9 Å². The standard InChI is InChI=1S/C42H65N7O8.C3H8.C2H6/c1-10-27(4)38(48(7)36(51)24-45-41(53)37(26(2)3)47(6)25-30-18-19-44-34(43)22-30)33(56-8)23-35(50)49-20-14-17-32(49)39(57-9)28(5)40(52)46-31(42(54)55)21-29-15-12-11-13-16-29;1-3-2;1-2/h11-13,15-16,18-19,22,26-28,31-33,37-39H,10,14,17,20-21,23-25H2,1-9H3,(H2,43,44)(H,45,53)(H,46,52)(H,54,55);3H2,1-2H3;1-2H3/t27?,28?,31-,32?,33?,37?,38?,39?;;/m0../s1. The molecule has 8 atom stereocenters. The van der Waals surface area contributed by atoms with Gasteiger partial charge in [0.05, 0.1) is 49.2 Å². The third-order valence-corrected chi connectivity index (χ3v) is 11.3. The van der Waals surface area contributed by atoms with E-state index in [2.05, 4.69) is 29.5 Å². The minimum absolute atomic E-state index is 0.0269. The number of carbonyl (C=O) groups excluding carboxylic acids is 4. The quantitative estimate of drug-likeness (QED) is 0.118. The average Bonchev–Trinajstić information content (AvgIpc) is 3.73. The van der Waals surface area contributed by atoms with Gasteiger partial charge in [-0.2, -0.15) is 0 Å². The van der Waals surface area contributed by atoms with Gasteiger partial charge in [-0.25, -0.2) is 9.78 Å². The number of carbonyl (C=O) groups is 5. The van der Waals surface area contributed by atoms with E-state index < -0.39 is 54.2 Å². The topological polar surface area (TPSA) is 197 Å². The number of nitrogens with one attached hydrogen (secondary N) is 2. The lowest BCUT2D eigenvalue weighted by molar-refractivity contribution is -0.147. The molecule has 15 heteroatoms. The molecule has 1 aliphatic heterocycles. The summed E-state index contributed by atoms with van der Waals surface area (Å²) in [5.74, 6) is -2.90. The maximum atomic E-state index is 14.1. The van der Waals surface area contributed by atoms with Crippen LogP contribution in [-0.2, 0) is 46.4 Å². The number of anilines is 1. The molecule has 62 heavy (non-hydrogen) atoms. The van der Waals surface area contributed by atoms with E-state index in [1.54, 1.807) is 36.0 Å². The van der Waals surface area contributed by atoms with Crippen LogP contribution in [0, 0.1) is 17.8 Å². The van der Waals surface area contributed by atoms with E-state index in [0.717, 1.165) is 11.1 Å². The molecule has 0 aliphatic carbocycles. The highest BCUT2D eigenvalue weighted by Crippen LogP contribution is 2.29. The lowest BCUT2D eigenvalue weighted by Gasteiger charge is -2.39. The Labute approximate surface area is 371 Å². The molecular formula is C47H79N7O8. The summed E-state index contributed by atoms with van der Waals surface area (Å²) < 4.78 is 11.8. The zero-order valence-corrected chi connectivity index (χ0v) is 39.9. The van der Waals surface area contributed by atoms with Gasteiger partial charge in [0.2, 0.25) is 23.6 Å². The summed E-state index contributed by atoms with van der Waals surface area (Å²) in [7, 11) is 6.53. The predicted octanol–water partition coefficient (Wildman–Crippen LogP) is 5.41. The number of aromatic nitrogens is 1. The van der Waals surface area contributed by atoms with Crippen molar-refractivity contribution in [1.29, 1.82) is 0 Å². The Balaban J connectivity index is 0.00000367. The Morgan fingerprint density at radius 3 is 2.11 bits per heavy atom. The van der Waals surface area contributed by atoms with Crippen molar-refractivity contribution in [2.45, 2.75) is 144 Å². The summed E-state index contributed by atoms with van der Waals surface area (Å²) in [5, 5.41) is 15.4. The first kappa shape index (κ1) is 55.4. The number of carboxylic acid groups (broad SMARTS) is 1. The number of nitrogens with two attached hydrogens (primary N) is 1. The second kappa shape index (κ2) is 28.9. The van der Waals surface area contributed by atoms with E-state index in [1.165, 1.54) is 20.6 Å². The summed E-state index contributed by atoms with van der Waals surface area (Å²) in [5.41, 5.74) is 7.55. The van der Waals surface area contributed by atoms with Crippen LogP contribution in [0.15, 0.2) is 48.7 Å². The predicted molar refractivity (Wildman–Crippen MR) is 245 cm³/mol. The maximum Gasteiger partial charge on any atom is 0.326 e. The molecule has 15 nitrogen and oxygen atoms in total. The number of carboxylic acids is 1. The summed E-state index contributed by atoms with van der Waals surface area (Å²) in [6.45, 7) is 18.5. The van der Waals surface area contributed by atoms with Gasteiger partial charge in [-0.3, -0.25) is 24.1 Å². The fourth-order valence-electron chi connectivity index (χ4n) is 8.06. The molecule has 1 aromatic carbocycles. The van der Waals surface area contributed by atoms with Crippen LogP contribution >= 0.6 is 0 Å². The normalized spacial score (nSPS) is 16.9. The highest BCUT2D eigenvalue weighted by Gasteiger charge is 2.42.